The molecule has 10 heavy (non-hydrogen) atoms. The lowest BCUT2D eigenvalue weighted by molar-refractivity contribution is 0.385. The molecule has 0 aromatic carbocycles. The molecule has 0 bridgehead atoms. The van der Waals surface area contributed by atoms with Crippen LogP contribution >= 0.6 is 11.6 Å². The second-order valence-electron chi connectivity index (χ2n) is 2.82. The van der Waals surface area contributed by atoms with Crippen molar-refractivity contribution in [2.45, 2.75) is 26.7 Å². The van der Waals surface area contributed by atoms with Crippen LogP contribution in [-0.4, -0.2) is 5.88 Å². The van der Waals surface area contributed by atoms with Crippen LogP contribution < -0.4 is 0 Å². The van der Waals surface area contributed by atoms with Gasteiger partial charge in [0.2, 0.25) is 0 Å². The highest BCUT2D eigenvalue weighted by Crippen LogP contribution is 2.20. The number of rotatable bonds is 5. The molecule has 60 valence electrons. The molecule has 0 heterocycles. The Morgan fingerprint density at radius 2 is 2.20 bits per heavy atom. The Bertz CT molecular complexity index is 88.7. The molecule has 0 N–H and O–H groups in total. The molecule has 0 amide bonds. The maximum Gasteiger partial charge on any atom is 0.0257 e. The number of hydrogen-bond donors (Lipinski definition) is 0. The average Bonchev–Trinajstić information content (AvgIpc) is 1.99. The molecular formula is C9H17Cl. The van der Waals surface area contributed by atoms with Gasteiger partial charge in [0.05, 0.1) is 0 Å². The quantitative estimate of drug-likeness (QED) is 0.427. The van der Waals surface area contributed by atoms with Crippen molar-refractivity contribution in [3.63, 3.8) is 0 Å². The van der Waals surface area contributed by atoms with Gasteiger partial charge in [0.1, 0.15) is 0 Å². The van der Waals surface area contributed by atoms with Crippen LogP contribution in [0.1, 0.15) is 26.7 Å². The Morgan fingerprint density at radius 1 is 1.60 bits per heavy atom. The highest BCUT2D eigenvalue weighted by molar-refractivity contribution is 6.18. The second-order valence-corrected chi connectivity index (χ2v) is 3.13. The predicted molar refractivity (Wildman–Crippen MR) is 48.5 cm³/mol. The summed E-state index contributed by atoms with van der Waals surface area (Å²) in [6.07, 6.45) is 4.23. The largest absolute Gasteiger partial charge is 0.126 e. The monoisotopic (exact) mass is 160 g/mol. The van der Waals surface area contributed by atoms with Crippen molar-refractivity contribution in [1.29, 1.82) is 0 Å². The topological polar surface area (TPSA) is 0 Å². The molecule has 0 saturated carbocycles. The zero-order valence-electron chi connectivity index (χ0n) is 6.94. The van der Waals surface area contributed by atoms with Crippen LogP contribution in [0, 0.1) is 11.8 Å². The summed E-state index contributed by atoms with van der Waals surface area (Å²) in [5.74, 6) is 2.13. The van der Waals surface area contributed by atoms with E-state index >= 15 is 0 Å². The molecule has 1 heteroatoms. The molecule has 0 fully saturated rings. The summed E-state index contributed by atoms with van der Waals surface area (Å²) in [4.78, 5) is 0. The van der Waals surface area contributed by atoms with Gasteiger partial charge in [-0.05, 0) is 18.3 Å². The van der Waals surface area contributed by atoms with E-state index in [0.29, 0.717) is 5.92 Å². The normalized spacial score (nSPS) is 16.3. The first-order chi connectivity index (χ1) is 4.76. The number of allylic oxidation sites excluding steroid dienone is 1. The second kappa shape index (κ2) is 5.79. The first kappa shape index (κ1) is 10.0. The van der Waals surface area contributed by atoms with E-state index in [-0.39, 0.29) is 0 Å². The summed E-state index contributed by atoms with van der Waals surface area (Å²) in [6.45, 7) is 8.15. The van der Waals surface area contributed by atoms with Crippen LogP contribution in [0.25, 0.3) is 0 Å². The van der Waals surface area contributed by atoms with Crippen LogP contribution in [-0.2, 0) is 0 Å². The van der Waals surface area contributed by atoms with E-state index in [0.717, 1.165) is 18.2 Å². The van der Waals surface area contributed by atoms with E-state index in [1.807, 2.05) is 6.08 Å². The zero-order valence-corrected chi connectivity index (χ0v) is 7.69. The van der Waals surface area contributed by atoms with E-state index in [2.05, 4.69) is 20.4 Å². The molecule has 2 atom stereocenters. The van der Waals surface area contributed by atoms with Crippen LogP contribution in [0.5, 0.6) is 0 Å². The molecule has 0 aliphatic heterocycles. The van der Waals surface area contributed by atoms with Gasteiger partial charge in [0.15, 0.2) is 0 Å². The van der Waals surface area contributed by atoms with Gasteiger partial charge >= 0.3 is 0 Å². The number of alkyl halides is 1. The van der Waals surface area contributed by atoms with Crippen molar-refractivity contribution in [2.75, 3.05) is 5.88 Å². The summed E-state index contributed by atoms with van der Waals surface area (Å²) in [7, 11) is 0. The van der Waals surface area contributed by atoms with E-state index in [1.165, 1.54) is 6.42 Å². The molecule has 0 nitrogen and oxygen atoms in total. The van der Waals surface area contributed by atoms with Gasteiger partial charge in [-0.2, -0.15) is 0 Å². The molecule has 0 spiro atoms. The van der Waals surface area contributed by atoms with Gasteiger partial charge < -0.3 is 0 Å². The highest BCUT2D eigenvalue weighted by atomic mass is 35.5. The first-order valence-electron chi connectivity index (χ1n) is 3.93. The molecule has 0 rings (SSSR count). The minimum absolute atomic E-state index is 0.629. The standard InChI is InChI=1S/C9H17Cl/c1-4-6-9(7-10)8(3)5-2/h4,8-9H,1,5-7H2,2-3H3. The van der Waals surface area contributed by atoms with Gasteiger partial charge in [-0.3, -0.25) is 0 Å². The summed E-state index contributed by atoms with van der Waals surface area (Å²) in [5, 5.41) is 0. The fraction of sp³-hybridized carbons (Fsp3) is 0.778. The van der Waals surface area contributed by atoms with Crippen molar-refractivity contribution in [3.05, 3.63) is 12.7 Å². The van der Waals surface area contributed by atoms with Crippen LogP contribution in [0.3, 0.4) is 0 Å². The molecule has 0 aromatic rings. The maximum absolute atomic E-state index is 5.77. The van der Waals surface area contributed by atoms with Gasteiger partial charge in [0.25, 0.3) is 0 Å². The Morgan fingerprint density at radius 3 is 2.50 bits per heavy atom. The zero-order chi connectivity index (χ0) is 7.98. The molecule has 0 saturated heterocycles. The van der Waals surface area contributed by atoms with Crippen LogP contribution in [0.15, 0.2) is 12.7 Å². The van der Waals surface area contributed by atoms with E-state index < -0.39 is 0 Å². The number of hydrogen-bond acceptors (Lipinski definition) is 0. The van der Waals surface area contributed by atoms with Crippen molar-refractivity contribution < 1.29 is 0 Å². The molecule has 0 radical (unpaired) electrons. The third kappa shape index (κ3) is 3.26. The van der Waals surface area contributed by atoms with Crippen molar-refractivity contribution in [3.8, 4) is 0 Å². The molecule has 0 aromatic heterocycles. The highest BCUT2D eigenvalue weighted by Gasteiger charge is 2.11. The maximum atomic E-state index is 5.77. The fourth-order valence-electron chi connectivity index (χ4n) is 0.995. The average molecular weight is 161 g/mol. The first-order valence-corrected chi connectivity index (χ1v) is 4.46. The summed E-state index contributed by atoms with van der Waals surface area (Å²) in [5.41, 5.74) is 0. The Balaban J connectivity index is 3.67. The lowest BCUT2D eigenvalue weighted by Gasteiger charge is -2.17. The lowest BCUT2D eigenvalue weighted by atomic mass is 9.91. The van der Waals surface area contributed by atoms with Gasteiger partial charge in [0, 0.05) is 5.88 Å². The molecule has 0 aliphatic carbocycles. The van der Waals surface area contributed by atoms with Gasteiger partial charge in [-0.25, -0.2) is 0 Å². The van der Waals surface area contributed by atoms with Crippen LogP contribution in [0.2, 0.25) is 0 Å². The summed E-state index contributed by atoms with van der Waals surface area (Å²) < 4.78 is 0. The van der Waals surface area contributed by atoms with E-state index in [1.54, 1.807) is 0 Å². The van der Waals surface area contributed by atoms with Crippen molar-refractivity contribution in [2.24, 2.45) is 11.8 Å². The van der Waals surface area contributed by atoms with E-state index in [4.69, 9.17) is 11.6 Å². The van der Waals surface area contributed by atoms with Crippen molar-refractivity contribution >= 4 is 11.6 Å². The minimum Gasteiger partial charge on any atom is -0.126 e. The molecule has 2 unspecified atom stereocenters. The van der Waals surface area contributed by atoms with E-state index in [9.17, 15) is 0 Å². The van der Waals surface area contributed by atoms with Gasteiger partial charge in [-0.15, -0.1) is 18.2 Å². The van der Waals surface area contributed by atoms with Crippen LogP contribution in [0.4, 0.5) is 0 Å². The summed E-state index contributed by atoms with van der Waals surface area (Å²) >= 11 is 5.77. The smallest absolute Gasteiger partial charge is 0.0257 e. The molecular weight excluding hydrogens is 144 g/mol. The van der Waals surface area contributed by atoms with Gasteiger partial charge in [-0.1, -0.05) is 26.3 Å². The Hall–Kier alpha value is 0.0300. The third-order valence-electron chi connectivity index (χ3n) is 2.12. The number of halogens is 1. The minimum atomic E-state index is 0.629. The fourth-order valence-corrected chi connectivity index (χ4v) is 1.42. The Labute approximate surface area is 69.3 Å². The van der Waals surface area contributed by atoms with Crippen molar-refractivity contribution in [1.82, 2.24) is 0 Å². The third-order valence-corrected chi connectivity index (χ3v) is 2.51. The molecule has 0 aliphatic rings. The predicted octanol–water partition coefficient (Wildman–Crippen LogP) is 3.46. The lowest BCUT2D eigenvalue weighted by Crippen LogP contribution is -2.11. The SMILES string of the molecule is C=CCC(CCl)C(C)CC. The summed E-state index contributed by atoms with van der Waals surface area (Å²) in [6, 6.07) is 0. The Kier molecular flexibility index (Phi) is 5.81.